The molecule has 5 rings (SSSR count). The van der Waals surface area contributed by atoms with Gasteiger partial charge in [-0.2, -0.15) is 0 Å². The molecule has 0 bridgehead atoms. The quantitative estimate of drug-likeness (QED) is 0.493. The number of imide groups is 1. The number of Topliss-reactive ketones (excluding diaryl/α,β-unsaturated/α-hetero) is 1. The Hall–Kier alpha value is -3.76. The highest BCUT2D eigenvalue weighted by molar-refractivity contribution is 6.10. The fourth-order valence-corrected chi connectivity index (χ4v) is 4.16. The molecule has 164 valence electrons. The second-order valence-corrected chi connectivity index (χ2v) is 8.05. The maximum absolute atomic E-state index is 13.5. The molecule has 3 aromatic rings. The molecule has 32 heavy (non-hydrogen) atoms. The molecule has 11 heteroatoms. The number of benzene rings is 1. The molecule has 0 unspecified atom stereocenters. The van der Waals surface area contributed by atoms with Crippen molar-refractivity contribution in [1.82, 2.24) is 29.7 Å². The monoisotopic (exact) mass is 440 g/mol. The molecule has 2 aromatic heterocycles. The van der Waals surface area contributed by atoms with Gasteiger partial charge in [0, 0.05) is 12.8 Å². The van der Waals surface area contributed by atoms with Crippen LogP contribution in [0.4, 0.5) is 13.6 Å². The first-order chi connectivity index (χ1) is 15.3. The summed E-state index contributed by atoms with van der Waals surface area (Å²) in [7, 11) is 0. The van der Waals surface area contributed by atoms with Gasteiger partial charge in [0.1, 0.15) is 17.6 Å². The van der Waals surface area contributed by atoms with Crippen LogP contribution in [-0.4, -0.2) is 60.1 Å². The maximum Gasteiger partial charge on any atom is 0.325 e. The molecule has 1 N–H and O–H groups in total. The molecule has 1 spiro atoms. The van der Waals surface area contributed by atoms with E-state index < -0.39 is 48.6 Å². The topological polar surface area (TPSA) is 110 Å². The highest BCUT2D eigenvalue weighted by Crippen LogP contribution is 2.41. The molecule has 9 nitrogen and oxygen atoms in total. The van der Waals surface area contributed by atoms with Crippen molar-refractivity contribution in [2.75, 3.05) is 6.54 Å². The predicted molar refractivity (Wildman–Crippen MR) is 107 cm³/mol. The number of rotatable bonds is 4. The minimum Gasteiger partial charge on any atom is -0.323 e. The molecule has 1 saturated heterocycles. The number of fused-ring (bicyclic) bond motifs is 1. The van der Waals surface area contributed by atoms with E-state index in [4.69, 9.17) is 0 Å². The van der Waals surface area contributed by atoms with Crippen molar-refractivity contribution in [2.45, 2.75) is 37.1 Å². The summed E-state index contributed by atoms with van der Waals surface area (Å²) < 4.78 is 28.7. The average molecular weight is 440 g/mol. The number of halogens is 2. The average Bonchev–Trinajstić information content (AvgIpc) is 3.31. The number of para-hydroxylation sites is 2. The summed E-state index contributed by atoms with van der Waals surface area (Å²) in [5.74, 6) is -3.63. The van der Waals surface area contributed by atoms with Crippen LogP contribution in [0.3, 0.4) is 0 Å². The van der Waals surface area contributed by atoms with E-state index in [1.54, 1.807) is 10.9 Å². The fourth-order valence-electron chi connectivity index (χ4n) is 4.16. The van der Waals surface area contributed by atoms with Gasteiger partial charge in [0.05, 0.1) is 30.0 Å². The van der Waals surface area contributed by atoms with Crippen LogP contribution in [-0.2, 0) is 4.79 Å². The second kappa shape index (κ2) is 7.14. The molecular formula is C21H18F2N6O3. The summed E-state index contributed by atoms with van der Waals surface area (Å²) in [5, 5.41) is 2.51. The van der Waals surface area contributed by atoms with E-state index in [9.17, 15) is 23.2 Å². The lowest BCUT2D eigenvalue weighted by atomic mass is 9.80. The van der Waals surface area contributed by atoms with Crippen molar-refractivity contribution in [3.05, 3.63) is 48.7 Å². The number of hydrogen-bond acceptors (Lipinski definition) is 6. The van der Waals surface area contributed by atoms with E-state index in [0.717, 1.165) is 15.9 Å². The van der Waals surface area contributed by atoms with E-state index in [0.29, 0.717) is 5.82 Å². The lowest BCUT2D eigenvalue weighted by Gasteiger charge is -2.34. The third-order valence-electron chi connectivity index (χ3n) is 6.01. The van der Waals surface area contributed by atoms with Crippen molar-refractivity contribution in [3.63, 3.8) is 0 Å². The Labute approximate surface area is 180 Å². The number of alkyl halides is 2. The van der Waals surface area contributed by atoms with Gasteiger partial charge in [-0.05, 0) is 25.0 Å². The SMILES string of the molecule is O=C(CN1C(=O)NC2(CCC(F)(F)CC2)C1=O)c1cnc(-n2cnc3ccccc32)cn1. The number of hydrogen-bond donors (Lipinski definition) is 1. The van der Waals surface area contributed by atoms with Gasteiger partial charge >= 0.3 is 6.03 Å². The summed E-state index contributed by atoms with van der Waals surface area (Å²) in [4.78, 5) is 51.2. The number of ketones is 1. The number of urea groups is 1. The summed E-state index contributed by atoms with van der Waals surface area (Å²) in [6.45, 7) is -0.537. The lowest BCUT2D eigenvalue weighted by Crippen LogP contribution is -2.51. The van der Waals surface area contributed by atoms with Gasteiger partial charge in [-0.25, -0.2) is 28.5 Å². The van der Waals surface area contributed by atoms with Crippen molar-refractivity contribution in [2.24, 2.45) is 0 Å². The fraction of sp³-hybridized carbons (Fsp3) is 0.333. The highest BCUT2D eigenvalue weighted by Gasteiger charge is 2.55. The van der Waals surface area contributed by atoms with E-state index in [1.807, 2.05) is 24.3 Å². The third kappa shape index (κ3) is 3.29. The first-order valence-corrected chi connectivity index (χ1v) is 10.1. The van der Waals surface area contributed by atoms with Crippen LogP contribution >= 0.6 is 0 Å². The molecule has 1 aromatic carbocycles. The van der Waals surface area contributed by atoms with E-state index >= 15 is 0 Å². The molecule has 0 radical (unpaired) electrons. The van der Waals surface area contributed by atoms with Gasteiger partial charge in [-0.15, -0.1) is 0 Å². The zero-order chi connectivity index (χ0) is 22.5. The minimum atomic E-state index is -2.85. The van der Waals surface area contributed by atoms with Crippen molar-refractivity contribution >= 4 is 28.8 Å². The van der Waals surface area contributed by atoms with Crippen molar-refractivity contribution in [3.8, 4) is 5.82 Å². The molecule has 1 aliphatic carbocycles. The summed E-state index contributed by atoms with van der Waals surface area (Å²) >= 11 is 0. The van der Waals surface area contributed by atoms with Crippen LogP contribution in [0.1, 0.15) is 36.2 Å². The number of carbonyl (C=O) groups is 3. The Kier molecular flexibility index (Phi) is 4.50. The highest BCUT2D eigenvalue weighted by atomic mass is 19.3. The smallest absolute Gasteiger partial charge is 0.323 e. The molecule has 2 fully saturated rings. The number of aromatic nitrogens is 4. The van der Waals surface area contributed by atoms with Crippen LogP contribution in [0.25, 0.3) is 16.9 Å². The summed E-state index contributed by atoms with van der Waals surface area (Å²) in [5.41, 5.74) is 0.220. The van der Waals surface area contributed by atoms with Gasteiger partial charge in [0.15, 0.2) is 5.82 Å². The Morgan fingerprint density at radius 2 is 1.78 bits per heavy atom. The van der Waals surface area contributed by atoms with Gasteiger partial charge in [-0.1, -0.05) is 12.1 Å². The van der Waals surface area contributed by atoms with Crippen LogP contribution < -0.4 is 5.32 Å². The Balaban J connectivity index is 1.31. The van der Waals surface area contributed by atoms with E-state index in [-0.39, 0.29) is 18.5 Å². The molecule has 1 saturated carbocycles. The Morgan fingerprint density at radius 1 is 1.03 bits per heavy atom. The third-order valence-corrected chi connectivity index (χ3v) is 6.01. The number of carbonyl (C=O) groups excluding carboxylic acids is 3. The molecule has 0 atom stereocenters. The second-order valence-electron chi connectivity index (χ2n) is 8.05. The van der Waals surface area contributed by atoms with Crippen LogP contribution in [0.5, 0.6) is 0 Å². The molecule has 1 aliphatic heterocycles. The van der Waals surface area contributed by atoms with Crippen LogP contribution in [0, 0.1) is 0 Å². The van der Waals surface area contributed by atoms with Crippen molar-refractivity contribution < 1.29 is 23.2 Å². The van der Waals surface area contributed by atoms with Crippen LogP contribution in [0.2, 0.25) is 0 Å². The first kappa shape index (κ1) is 20.2. The number of amides is 3. The minimum absolute atomic E-state index is 0.0186. The maximum atomic E-state index is 13.5. The molecule has 3 amide bonds. The number of nitrogens with zero attached hydrogens (tertiary/aromatic N) is 5. The van der Waals surface area contributed by atoms with Gasteiger partial charge in [-0.3, -0.25) is 19.1 Å². The Morgan fingerprint density at radius 3 is 2.50 bits per heavy atom. The molecule has 3 heterocycles. The van der Waals surface area contributed by atoms with Gasteiger partial charge < -0.3 is 5.32 Å². The Bertz CT molecular complexity index is 1230. The van der Waals surface area contributed by atoms with Gasteiger partial charge in [0.2, 0.25) is 11.7 Å². The standard InChI is InChI=1S/C21H18F2N6O3/c22-21(23)7-5-20(6-8-21)18(31)28(19(32)27-20)11-16(30)14-9-25-17(10-24-14)29-12-26-13-3-1-2-4-15(13)29/h1-4,9-10,12H,5-8,11H2,(H,27,32). The number of imidazole rings is 1. The first-order valence-electron chi connectivity index (χ1n) is 10.1. The van der Waals surface area contributed by atoms with Crippen molar-refractivity contribution in [1.29, 1.82) is 0 Å². The molecular weight excluding hydrogens is 422 g/mol. The zero-order valence-electron chi connectivity index (χ0n) is 16.8. The van der Waals surface area contributed by atoms with Gasteiger partial charge in [0.25, 0.3) is 5.91 Å². The lowest BCUT2D eigenvalue weighted by molar-refractivity contribution is -0.135. The van der Waals surface area contributed by atoms with Crippen LogP contribution in [0.15, 0.2) is 43.0 Å². The number of nitrogens with one attached hydrogen (secondary N) is 1. The normalized spacial score (nSPS) is 19.5. The largest absolute Gasteiger partial charge is 0.325 e. The van der Waals surface area contributed by atoms with E-state index in [1.165, 1.54) is 12.4 Å². The molecule has 2 aliphatic rings. The van der Waals surface area contributed by atoms with E-state index in [2.05, 4.69) is 20.3 Å². The predicted octanol–water partition coefficient (Wildman–Crippen LogP) is 2.50. The summed E-state index contributed by atoms with van der Waals surface area (Å²) in [6, 6.07) is 6.70. The zero-order valence-corrected chi connectivity index (χ0v) is 16.8. The summed E-state index contributed by atoms with van der Waals surface area (Å²) in [6.07, 6.45) is 2.95.